The van der Waals surface area contributed by atoms with E-state index in [0.717, 1.165) is 16.8 Å². The molecule has 0 aliphatic carbocycles. The molecule has 1 fully saturated rings. The molecule has 1 atom stereocenters. The van der Waals surface area contributed by atoms with Crippen molar-refractivity contribution >= 4 is 17.5 Å². The Morgan fingerprint density at radius 3 is 2.50 bits per heavy atom. The van der Waals surface area contributed by atoms with Crippen LogP contribution in [-0.2, 0) is 16.0 Å². The molecule has 2 amide bonds. The van der Waals surface area contributed by atoms with Gasteiger partial charge in [-0.15, -0.1) is 0 Å². The summed E-state index contributed by atoms with van der Waals surface area (Å²) in [5.41, 5.74) is 4.40. The van der Waals surface area contributed by atoms with Crippen LogP contribution >= 0.6 is 0 Å². The van der Waals surface area contributed by atoms with Crippen LogP contribution in [0, 0.1) is 13.8 Å². The average Bonchev–Trinajstić information content (AvgIpc) is 2.65. The fraction of sp³-hybridized carbons (Fsp3) is 0.364. The van der Waals surface area contributed by atoms with Crippen LogP contribution in [0.15, 0.2) is 48.5 Å². The molecule has 1 heterocycles. The Labute approximate surface area is 155 Å². The van der Waals surface area contributed by atoms with Crippen LogP contribution in [0.1, 0.15) is 30.0 Å². The van der Waals surface area contributed by atoms with Gasteiger partial charge in [0.2, 0.25) is 11.8 Å². The third-order valence-electron chi connectivity index (χ3n) is 5.31. The normalized spacial score (nSPS) is 17.5. The Balaban J connectivity index is 1.67. The minimum Gasteiger partial charge on any atom is -0.329 e. The number of benzene rings is 2. The molecule has 26 heavy (non-hydrogen) atoms. The summed E-state index contributed by atoms with van der Waals surface area (Å²) in [6.45, 7) is 7.05. The molecule has 0 bridgehead atoms. The van der Waals surface area contributed by atoms with Crippen molar-refractivity contribution in [3.8, 4) is 0 Å². The smallest absolute Gasteiger partial charge is 0.249 e. The molecule has 2 aromatic rings. The highest BCUT2D eigenvalue weighted by atomic mass is 16.2. The summed E-state index contributed by atoms with van der Waals surface area (Å²) in [5.74, 6) is 0.0494. The Kier molecular flexibility index (Phi) is 5.40. The molecule has 0 N–H and O–H groups in total. The predicted octanol–water partition coefficient (Wildman–Crippen LogP) is 3.50. The number of carbonyl (C=O) groups is 2. The summed E-state index contributed by atoms with van der Waals surface area (Å²) in [4.78, 5) is 29.1. The molecule has 0 saturated carbocycles. The predicted molar refractivity (Wildman–Crippen MR) is 104 cm³/mol. The van der Waals surface area contributed by atoms with Gasteiger partial charge in [-0.05, 0) is 49.9 Å². The number of aryl methyl sites for hydroxylation is 2. The number of hydrogen-bond donors (Lipinski definition) is 0. The molecule has 4 nitrogen and oxygen atoms in total. The van der Waals surface area contributed by atoms with E-state index in [4.69, 9.17) is 0 Å². The third kappa shape index (κ3) is 3.64. The first kappa shape index (κ1) is 18.2. The highest BCUT2D eigenvalue weighted by Gasteiger charge is 2.35. The second kappa shape index (κ2) is 7.73. The van der Waals surface area contributed by atoms with E-state index in [1.54, 1.807) is 4.90 Å². The van der Waals surface area contributed by atoms with E-state index >= 15 is 0 Å². The maximum absolute atomic E-state index is 12.9. The molecule has 1 aliphatic heterocycles. The molecule has 3 rings (SSSR count). The van der Waals surface area contributed by atoms with E-state index in [1.165, 1.54) is 5.56 Å². The summed E-state index contributed by atoms with van der Waals surface area (Å²) in [5, 5.41) is 0. The molecule has 2 aromatic carbocycles. The van der Waals surface area contributed by atoms with Crippen molar-refractivity contribution in [2.75, 3.05) is 18.0 Å². The lowest BCUT2D eigenvalue weighted by atomic mass is 10.0. The minimum atomic E-state index is -0.424. The second-order valence-corrected chi connectivity index (χ2v) is 6.96. The second-order valence-electron chi connectivity index (χ2n) is 6.96. The maximum atomic E-state index is 12.9. The van der Waals surface area contributed by atoms with Crippen molar-refractivity contribution in [3.05, 3.63) is 65.2 Å². The van der Waals surface area contributed by atoms with Gasteiger partial charge in [-0.3, -0.25) is 9.59 Å². The lowest BCUT2D eigenvalue weighted by Gasteiger charge is -2.39. The quantitative estimate of drug-likeness (QED) is 0.847. The zero-order valence-corrected chi connectivity index (χ0v) is 15.7. The van der Waals surface area contributed by atoms with Crippen molar-refractivity contribution in [3.63, 3.8) is 0 Å². The van der Waals surface area contributed by atoms with Crippen LogP contribution < -0.4 is 4.90 Å². The molecule has 0 radical (unpaired) electrons. The van der Waals surface area contributed by atoms with Crippen molar-refractivity contribution in [1.29, 1.82) is 0 Å². The monoisotopic (exact) mass is 350 g/mol. The zero-order valence-electron chi connectivity index (χ0n) is 15.7. The topological polar surface area (TPSA) is 40.6 Å². The van der Waals surface area contributed by atoms with Crippen molar-refractivity contribution in [2.45, 2.75) is 39.7 Å². The Bertz CT molecular complexity index is 801. The number of rotatable bonds is 4. The van der Waals surface area contributed by atoms with Crippen LogP contribution in [0.4, 0.5) is 5.69 Å². The highest BCUT2D eigenvalue weighted by molar-refractivity contribution is 6.00. The standard InChI is InChI=1S/C22H26N2O2/c1-16-8-7-11-20(17(16)2)24-15-14-23(18(3)22(24)26)21(25)13-12-19-9-5-4-6-10-19/h4-11,18H,12-15H2,1-3H3. The number of carbonyl (C=O) groups excluding carboxylic acids is 2. The van der Waals surface area contributed by atoms with E-state index in [-0.39, 0.29) is 11.8 Å². The van der Waals surface area contributed by atoms with Gasteiger partial charge in [0, 0.05) is 25.2 Å². The lowest BCUT2D eigenvalue weighted by Crippen LogP contribution is -2.58. The number of piperazine rings is 1. The van der Waals surface area contributed by atoms with Gasteiger partial charge in [0.15, 0.2) is 0 Å². The van der Waals surface area contributed by atoms with Gasteiger partial charge < -0.3 is 9.80 Å². The average molecular weight is 350 g/mol. The van der Waals surface area contributed by atoms with Gasteiger partial charge in [-0.1, -0.05) is 42.5 Å². The molecule has 1 aliphatic rings. The number of amides is 2. The summed E-state index contributed by atoms with van der Waals surface area (Å²) in [6, 6.07) is 15.6. The van der Waals surface area contributed by atoms with Crippen LogP contribution in [0.2, 0.25) is 0 Å². The van der Waals surface area contributed by atoms with Crippen LogP contribution in [-0.4, -0.2) is 35.8 Å². The molecule has 0 spiro atoms. The summed E-state index contributed by atoms with van der Waals surface area (Å²) in [7, 11) is 0. The molecule has 4 heteroatoms. The van der Waals surface area contributed by atoms with Gasteiger partial charge in [0.25, 0.3) is 0 Å². The zero-order chi connectivity index (χ0) is 18.7. The van der Waals surface area contributed by atoms with Gasteiger partial charge in [-0.25, -0.2) is 0 Å². The van der Waals surface area contributed by atoms with E-state index < -0.39 is 6.04 Å². The van der Waals surface area contributed by atoms with Gasteiger partial charge in [0.05, 0.1) is 0 Å². The van der Waals surface area contributed by atoms with Crippen LogP contribution in [0.25, 0.3) is 0 Å². The SMILES string of the molecule is Cc1cccc(N2CCN(C(=O)CCc3ccccc3)C(C)C2=O)c1C. The van der Waals surface area contributed by atoms with Gasteiger partial charge in [0.1, 0.15) is 6.04 Å². The number of anilines is 1. The van der Waals surface area contributed by atoms with E-state index in [1.807, 2.05) is 61.2 Å². The largest absolute Gasteiger partial charge is 0.329 e. The van der Waals surface area contributed by atoms with Crippen LogP contribution in [0.5, 0.6) is 0 Å². The molecule has 0 aromatic heterocycles. The molecule has 136 valence electrons. The molecular weight excluding hydrogens is 324 g/mol. The van der Waals surface area contributed by atoms with E-state index in [0.29, 0.717) is 25.9 Å². The van der Waals surface area contributed by atoms with E-state index in [2.05, 4.69) is 13.0 Å². The maximum Gasteiger partial charge on any atom is 0.249 e. The molecule has 1 unspecified atom stereocenters. The Morgan fingerprint density at radius 1 is 1.04 bits per heavy atom. The third-order valence-corrected chi connectivity index (χ3v) is 5.31. The number of nitrogens with zero attached hydrogens (tertiary/aromatic N) is 2. The fourth-order valence-corrected chi connectivity index (χ4v) is 3.52. The summed E-state index contributed by atoms with van der Waals surface area (Å²) < 4.78 is 0. The van der Waals surface area contributed by atoms with E-state index in [9.17, 15) is 9.59 Å². The first-order chi connectivity index (χ1) is 12.5. The molecule has 1 saturated heterocycles. The van der Waals surface area contributed by atoms with Crippen molar-refractivity contribution in [1.82, 2.24) is 4.90 Å². The van der Waals surface area contributed by atoms with Crippen molar-refractivity contribution < 1.29 is 9.59 Å². The van der Waals surface area contributed by atoms with Gasteiger partial charge in [-0.2, -0.15) is 0 Å². The first-order valence-corrected chi connectivity index (χ1v) is 9.20. The van der Waals surface area contributed by atoms with Gasteiger partial charge >= 0.3 is 0 Å². The minimum absolute atomic E-state index is 0.00184. The van der Waals surface area contributed by atoms with Crippen molar-refractivity contribution in [2.24, 2.45) is 0 Å². The summed E-state index contributed by atoms with van der Waals surface area (Å²) in [6.07, 6.45) is 1.14. The summed E-state index contributed by atoms with van der Waals surface area (Å²) >= 11 is 0. The molecular formula is C22H26N2O2. The first-order valence-electron chi connectivity index (χ1n) is 9.20. The van der Waals surface area contributed by atoms with Crippen LogP contribution in [0.3, 0.4) is 0 Å². The number of hydrogen-bond acceptors (Lipinski definition) is 2. The Hall–Kier alpha value is -2.62. The highest BCUT2D eigenvalue weighted by Crippen LogP contribution is 2.26. The Morgan fingerprint density at radius 2 is 1.77 bits per heavy atom. The lowest BCUT2D eigenvalue weighted by molar-refractivity contribution is -0.140. The fourth-order valence-electron chi connectivity index (χ4n) is 3.52.